The van der Waals surface area contributed by atoms with Gasteiger partial charge in [-0.25, -0.2) is 13.6 Å². The van der Waals surface area contributed by atoms with E-state index < -0.39 is 15.3 Å². The molecule has 0 spiro atoms. The molecule has 1 unspecified atom stereocenters. The summed E-state index contributed by atoms with van der Waals surface area (Å²) in [5, 5.41) is 4.73. The fraction of sp³-hybridized carbons (Fsp3) is 0.400. The van der Waals surface area contributed by atoms with Crippen LogP contribution in [-0.4, -0.2) is 8.42 Å². The molecule has 1 atom stereocenters. The highest BCUT2D eigenvalue weighted by atomic mass is 32.2. The van der Waals surface area contributed by atoms with Crippen molar-refractivity contribution in [3.8, 4) is 0 Å². The minimum atomic E-state index is -3.45. The Morgan fingerprint density at radius 2 is 1.79 bits per heavy atom. The van der Waals surface area contributed by atoms with Crippen LogP contribution in [0.4, 0.5) is 0 Å². The van der Waals surface area contributed by atoms with Crippen LogP contribution in [0.3, 0.4) is 0 Å². The smallest absolute Gasteiger partial charge is 0.216 e. The van der Waals surface area contributed by atoms with Crippen molar-refractivity contribution < 1.29 is 8.42 Å². The molecule has 1 fully saturated rings. The molecule has 0 saturated heterocycles. The van der Waals surface area contributed by atoms with Crippen molar-refractivity contribution >= 4 is 10.0 Å². The van der Waals surface area contributed by atoms with Crippen molar-refractivity contribution in [3.05, 3.63) is 35.9 Å². The van der Waals surface area contributed by atoms with Gasteiger partial charge in [-0.15, -0.1) is 0 Å². The second-order valence-corrected chi connectivity index (χ2v) is 5.44. The molecule has 1 aliphatic rings. The highest BCUT2D eigenvalue weighted by Crippen LogP contribution is 2.44. The lowest BCUT2D eigenvalue weighted by Gasteiger charge is -2.13. The molecule has 3 nitrogen and oxygen atoms in total. The molecule has 0 bridgehead atoms. The third-order valence-corrected chi connectivity index (χ3v) is 3.90. The Bertz CT molecular complexity index is 409. The number of hydrogen-bond donors (Lipinski definition) is 1. The molecular formula is C10H13NO2S. The van der Waals surface area contributed by atoms with Gasteiger partial charge >= 0.3 is 0 Å². The predicted octanol–water partition coefficient (Wildman–Crippen LogP) is 1.43. The van der Waals surface area contributed by atoms with Gasteiger partial charge in [0.15, 0.2) is 0 Å². The Hall–Kier alpha value is -0.870. The Morgan fingerprint density at radius 1 is 1.21 bits per heavy atom. The molecule has 0 radical (unpaired) electrons. The lowest BCUT2D eigenvalue weighted by molar-refractivity contribution is 0.573. The number of benzene rings is 1. The van der Waals surface area contributed by atoms with Crippen LogP contribution in [0.1, 0.15) is 23.7 Å². The molecule has 1 saturated carbocycles. The van der Waals surface area contributed by atoms with Gasteiger partial charge in [0.1, 0.15) is 5.25 Å². The summed E-state index contributed by atoms with van der Waals surface area (Å²) in [7, 11) is -3.45. The molecule has 14 heavy (non-hydrogen) atoms. The Balaban J connectivity index is 2.37. The molecule has 0 heterocycles. The van der Waals surface area contributed by atoms with Gasteiger partial charge in [-0.2, -0.15) is 0 Å². The summed E-state index contributed by atoms with van der Waals surface area (Å²) in [6, 6.07) is 9.21. The molecule has 1 aromatic rings. The summed E-state index contributed by atoms with van der Waals surface area (Å²) >= 11 is 0. The first-order chi connectivity index (χ1) is 6.59. The van der Waals surface area contributed by atoms with Gasteiger partial charge in [0.25, 0.3) is 0 Å². The monoisotopic (exact) mass is 211 g/mol. The van der Waals surface area contributed by atoms with Crippen LogP contribution in [0.2, 0.25) is 0 Å². The summed E-state index contributed by atoms with van der Waals surface area (Å²) in [6.45, 7) is 0. The van der Waals surface area contributed by atoms with E-state index in [0.717, 1.165) is 18.4 Å². The van der Waals surface area contributed by atoms with Crippen molar-refractivity contribution in [1.29, 1.82) is 0 Å². The van der Waals surface area contributed by atoms with Gasteiger partial charge in [-0.05, 0) is 24.3 Å². The van der Waals surface area contributed by atoms with Crippen LogP contribution in [0.5, 0.6) is 0 Å². The van der Waals surface area contributed by atoms with E-state index in [0.29, 0.717) is 0 Å². The van der Waals surface area contributed by atoms with Gasteiger partial charge < -0.3 is 0 Å². The summed E-state index contributed by atoms with van der Waals surface area (Å²) in [6.07, 6.45) is 1.94. The summed E-state index contributed by atoms with van der Waals surface area (Å²) in [5.41, 5.74) is 0.817. The van der Waals surface area contributed by atoms with Crippen LogP contribution in [0.25, 0.3) is 0 Å². The van der Waals surface area contributed by atoms with Crippen molar-refractivity contribution in [3.63, 3.8) is 0 Å². The Morgan fingerprint density at radius 3 is 2.21 bits per heavy atom. The number of sulfonamides is 1. The highest BCUT2D eigenvalue weighted by Gasteiger charge is 2.39. The summed E-state index contributed by atoms with van der Waals surface area (Å²) in [5.74, 6) is 0.229. The van der Waals surface area contributed by atoms with E-state index in [2.05, 4.69) is 0 Å². The molecule has 0 aromatic heterocycles. The summed E-state index contributed by atoms with van der Waals surface area (Å²) in [4.78, 5) is 0. The highest BCUT2D eigenvalue weighted by molar-refractivity contribution is 7.89. The molecule has 1 aromatic carbocycles. The van der Waals surface area contributed by atoms with Gasteiger partial charge in [0, 0.05) is 0 Å². The lowest BCUT2D eigenvalue weighted by Crippen LogP contribution is -2.23. The Labute approximate surface area is 84.0 Å². The first-order valence-corrected chi connectivity index (χ1v) is 6.26. The Kier molecular flexibility index (Phi) is 2.33. The normalized spacial score (nSPS) is 19.2. The molecule has 2 N–H and O–H groups in total. The summed E-state index contributed by atoms with van der Waals surface area (Å²) < 4.78 is 22.8. The molecule has 1 aliphatic carbocycles. The predicted molar refractivity (Wildman–Crippen MR) is 55.0 cm³/mol. The van der Waals surface area contributed by atoms with E-state index in [1.807, 2.05) is 30.3 Å². The number of hydrogen-bond acceptors (Lipinski definition) is 2. The average molecular weight is 211 g/mol. The lowest BCUT2D eigenvalue weighted by atomic mass is 10.1. The zero-order valence-corrected chi connectivity index (χ0v) is 8.57. The average Bonchev–Trinajstić information content (AvgIpc) is 2.88. The zero-order chi connectivity index (χ0) is 10.2. The van der Waals surface area contributed by atoms with Gasteiger partial charge in [-0.3, -0.25) is 0 Å². The van der Waals surface area contributed by atoms with E-state index >= 15 is 0 Å². The minimum absolute atomic E-state index is 0.229. The van der Waals surface area contributed by atoms with Crippen LogP contribution in [0.15, 0.2) is 30.3 Å². The third-order valence-electron chi connectivity index (χ3n) is 2.53. The largest absolute Gasteiger partial charge is 0.228 e. The fourth-order valence-electron chi connectivity index (χ4n) is 1.77. The molecule has 76 valence electrons. The number of nitrogens with two attached hydrogens (primary N) is 1. The maximum Gasteiger partial charge on any atom is 0.216 e. The third kappa shape index (κ3) is 1.96. The van der Waals surface area contributed by atoms with Gasteiger partial charge in [-0.1, -0.05) is 30.3 Å². The quantitative estimate of drug-likeness (QED) is 0.822. The van der Waals surface area contributed by atoms with Crippen molar-refractivity contribution in [1.82, 2.24) is 0 Å². The molecule has 0 aliphatic heterocycles. The topological polar surface area (TPSA) is 60.2 Å². The molecule has 0 amide bonds. The van der Waals surface area contributed by atoms with Crippen LogP contribution >= 0.6 is 0 Å². The van der Waals surface area contributed by atoms with E-state index in [-0.39, 0.29) is 5.92 Å². The van der Waals surface area contributed by atoms with Crippen molar-refractivity contribution in [2.45, 2.75) is 18.1 Å². The molecule has 2 rings (SSSR count). The molecule has 4 heteroatoms. The number of primary sulfonamides is 1. The van der Waals surface area contributed by atoms with E-state index in [9.17, 15) is 8.42 Å². The van der Waals surface area contributed by atoms with E-state index in [1.54, 1.807) is 0 Å². The van der Waals surface area contributed by atoms with Gasteiger partial charge in [0.2, 0.25) is 10.0 Å². The SMILES string of the molecule is NS(=O)(=O)C(c1ccccc1)C1CC1. The second kappa shape index (κ2) is 3.37. The van der Waals surface area contributed by atoms with Crippen LogP contribution in [0, 0.1) is 5.92 Å². The maximum absolute atomic E-state index is 11.4. The first kappa shape index (κ1) is 9.68. The molecular weight excluding hydrogens is 198 g/mol. The van der Waals surface area contributed by atoms with Crippen LogP contribution in [-0.2, 0) is 10.0 Å². The fourth-order valence-corrected chi connectivity index (χ4v) is 3.12. The van der Waals surface area contributed by atoms with Crippen molar-refractivity contribution in [2.24, 2.45) is 11.1 Å². The van der Waals surface area contributed by atoms with Gasteiger partial charge in [0.05, 0.1) is 0 Å². The van der Waals surface area contributed by atoms with E-state index in [1.165, 1.54) is 0 Å². The van der Waals surface area contributed by atoms with Crippen LogP contribution < -0.4 is 5.14 Å². The standard InChI is InChI=1S/C10H13NO2S/c11-14(12,13)10(9-6-7-9)8-4-2-1-3-5-8/h1-5,9-10H,6-7H2,(H2,11,12,13). The second-order valence-electron chi connectivity index (χ2n) is 3.76. The van der Waals surface area contributed by atoms with E-state index in [4.69, 9.17) is 5.14 Å². The first-order valence-electron chi connectivity index (χ1n) is 4.65. The number of rotatable bonds is 3. The zero-order valence-electron chi connectivity index (χ0n) is 7.76. The minimum Gasteiger partial charge on any atom is -0.228 e. The maximum atomic E-state index is 11.4. The van der Waals surface area contributed by atoms with Crippen molar-refractivity contribution in [2.75, 3.05) is 0 Å².